The highest BCUT2D eigenvalue weighted by molar-refractivity contribution is 5.25. The Morgan fingerprint density at radius 3 is 3.00 bits per heavy atom. The smallest absolute Gasteiger partial charge is 0.0700 e. The zero-order valence-corrected chi connectivity index (χ0v) is 10.0. The van der Waals surface area contributed by atoms with Gasteiger partial charge in [0, 0.05) is 6.54 Å². The third-order valence-corrected chi connectivity index (χ3v) is 3.24. The molecule has 1 unspecified atom stereocenters. The summed E-state index contributed by atoms with van der Waals surface area (Å²) in [6, 6.07) is 8.55. The minimum Gasteiger partial charge on any atom is -0.377 e. The molecule has 2 nitrogen and oxygen atoms in total. The summed E-state index contributed by atoms with van der Waals surface area (Å²) in [5, 5.41) is 3.37. The highest BCUT2D eigenvalue weighted by Crippen LogP contribution is 2.10. The highest BCUT2D eigenvalue weighted by Gasteiger charge is 2.12. The first-order chi connectivity index (χ1) is 7.86. The average molecular weight is 219 g/mol. The third-order valence-electron chi connectivity index (χ3n) is 3.24. The summed E-state index contributed by atoms with van der Waals surface area (Å²) in [4.78, 5) is 0. The Morgan fingerprint density at radius 2 is 2.25 bits per heavy atom. The minimum absolute atomic E-state index is 0.428. The van der Waals surface area contributed by atoms with Crippen LogP contribution in [0.3, 0.4) is 0 Å². The molecule has 0 aliphatic carbocycles. The van der Waals surface area contributed by atoms with E-state index in [1.54, 1.807) is 0 Å². The Hall–Kier alpha value is -0.860. The number of rotatable bonds is 4. The van der Waals surface area contributed by atoms with E-state index in [2.05, 4.69) is 36.5 Å². The molecule has 88 valence electrons. The monoisotopic (exact) mass is 219 g/mol. The molecule has 1 heterocycles. The van der Waals surface area contributed by atoms with Gasteiger partial charge >= 0.3 is 0 Å². The molecule has 1 aromatic carbocycles. The maximum Gasteiger partial charge on any atom is 0.0700 e. The van der Waals surface area contributed by atoms with Crippen LogP contribution in [0.4, 0.5) is 0 Å². The lowest BCUT2D eigenvalue weighted by Crippen LogP contribution is -2.35. The van der Waals surface area contributed by atoms with Crippen LogP contribution in [0, 0.1) is 6.92 Å². The Bertz CT molecular complexity index is 318. The normalized spacial score (nSPS) is 20.9. The van der Waals surface area contributed by atoms with Gasteiger partial charge in [-0.25, -0.2) is 0 Å². The summed E-state index contributed by atoms with van der Waals surface area (Å²) in [7, 11) is 0. The maximum absolute atomic E-state index is 5.88. The Labute approximate surface area is 98.0 Å². The van der Waals surface area contributed by atoms with Gasteiger partial charge in [-0.1, -0.05) is 24.3 Å². The molecule has 0 spiro atoms. The van der Waals surface area contributed by atoms with E-state index in [1.807, 2.05) is 0 Å². The number of hydrogen-bond acceptors (Lipinski definition) is 2. The van der Waals surface area contributed by atoms with E-state index in [0.717, 1.165) is 26.1 Å². The van der Waals surface area contributed by atoms with Crippen LogP contribution >= 0.6 is 0 Å². The van der Waals surface area contributed by atoms with Gasteiger partial charge in [-0.05, 0) is 43.9 Å². The number of ether oxygens (including phenoxy) is 1. The summed E-state index contributed by atoms with van der Waals surface area (Å²) in [5.74, 6) is 0. The van der Waals surface area contributed by atoms with Crippen LogP contribution in [-0.4, -0.2) is 25.8 Å². The molecule has 1 aliphatic heterocycles. The second-order valence-electron chi connectivity index (χ2n) is 4.52. The molecule has 1 aromatic rings. The fraction of sp³-hybridized carbons (Fsp3) is 0.571. The van der Waals surface area contributed by atoms with E-state index in [0.29, 0.717) is 6.10 Å². The van der Waals surface area contributed by atoms with Crippen molar-refractivity contribution in [1.82, 2.24) is 5.32 Å². The molecule has 0 bridgehead atoms. The van der Waals surface area contributed by atoms with Crippen LogP contribution in [-0.2, 0) is 11.2 Å². The first kappa shape index (κ1) is 11.6. The SMILES string of the molecule is Cc1ccccc1CCOC1CCCNC1. The molecule has 0 saturated carbocycles. The van der Waals surface area contributed by atoms with Gasteiger partial charge < -0.3 is 10.1 Å². The first-order valence-corrected chi connectivity index (χ1v) is 6.23. The van der Waals surface area contributed by atoms with Gasteiger partial charge in [0.2, 0.25) is 0 Å². The lowest BCUT2D eigenvalue weighted by Gasteiger charge is -2.23. The molecule has 0 amide bonds. The highest BCUT2D eigenvalue weighted by atomic mass is 16.5. The minimum atomic E-state index is 0.428. The first-order valence-electron chi connectivity index (χ1n) is 6.23. The third kappa shape index (κ3) is 3.32. The Balaban J connectivity index is 1.73. The second kappa shape index (κ2) is 6.02. The van der Waals surface area contributed by atoms with Gasteiger partial charge in [0.05, 0.1) is 12.7 Å². The van der Waals surface area contributed by atoms with Crippen molar-refractivity contribution in [2.75, 3.05) is 19.7 Å². The van der Waals surface area contributed by atoms with Gasteiger partial charge in [-0.15, -0.1) is 0 Å². The van der Waals surface area contributed by atoms with Crippen molar-refractivity contribution in [2.24, 2.45) is 0 Å². The number of hydrogen-bond donors (Lipinski definition) is 1. The van der Waals surface area contributed by atoms with E-state index in [4.69, 9.17) is 4.74 Å². The number of aryl methyl sites for hydroxylation is 1. The van der Waals surface area contributed by atoms with Crippen molar-refractivity contribution in [3.63, 3.8) is 0 Å². The van der Waals surface area contributed by atoms with Gasteiger partial charge in [-0.3, -0.25) is 0 Å². The van der Waals surface area contributed by atoms with Crippen molar-refractivity contribution in [1.29, 1.82) is 0 Å². The summed E-state index contributed by atoms with van der Waals surface area (Å²) < 4.78 is 5.88. The Kier molecular flexibility index (Phi) is 4.37. The molecular weight excluding hydrogens is 198 g/mol. The van der Waals surface area contributed by atoms with Crippen LogP contribution < -0.4 is 5.32 Å². The largest absolute Gasteiger partial charge is 0.377 e. The van der Waals surface area contributed by atoms with Crippen molar-refractivity contribution in [3.05, 3.63) is 35.4 Å². The summed E-state index contributed by atoms with van der Waals surface area (Å²) in [6.07, 6.45) is 3.91. The van der Waals surface area contributed by atoms with Gasteiger partial charge in [0.1, 0.15) is 0 Å². The molecule has 2 rings (SSSR count). The summed E-state index contributed by atoms with van der Waals surface area (Å²) in [6.45, 7) is 5.18. The fourth-order valence-electron chi connectivity index (χ4n) is 2.19. The van der Waals surface area contributed by atoms with Gasteiger partial charge in [0.25, 0.3) is 0 Å². The van der Waals surface area contributed by atoms with E-state index in [1.165, 1.54) is 24.0 Å². The van der Waals surface area contributed by atoms with Crippen molar-refractivity contribution in [2.45, 2.75) is 32.3 Å². The predicted molar refractivity (Wildman–Crippen MR) is 66.7 cm³/mol. The summed E-state index contributed by atoms with van der Waals surface area (Å²) >= 11 is 0. The van der Waals surface area contributed by atoms with Crippen molar-refractivity contribution >= 4 is 0 Å². The molecule has 16 heavy (non-hydrogen) atoms. The zero-order chi connectivity index (χ0) is 11.2. The quantitative estimate of drug-likeness (QED) is 0.839. The van der Waals surface area contributed by atoms with Gasteiger partial charge in [0.15, 0.2) is 0 Å². The van der Waals surface area contributed by atoms with Gasteiger partial charge in [-0.2, -0.15) is 0 Å². The van der Waals surface area contributed by atoms with E-state index < -0.39 is 0 Å². The van der Waals surface area contributed by atoms with E-state index in [-0.39, 0.29) is 0 Å². The van der Waals surface area contributed by atoms with Crippen molar-refractivity contribution in [3.8, 4) is 0 Å². The standard InChI is InChI=1S/C14H21NO/c1-12-5-2-3-6-13(12)8-10-16-14-7-4-9-15-11-14/h2-3,5-6,14-15H,4,7-11H2,1H3. The molecular formula is C14H21NO. The molecule has 1 atom stereocenters. The fourth-order valence-corrected chi connectivity index (χ4v) is 2.19. The van der Waals surface area contributed by atoms with Crippen LogP contribution in [0.5, 0.6) is 0 Å². The van der Waals surface area contributed by atoms with Crippen LogP contribution in [0.15, 0.2) is 24.3 Å². The van der Waals surface area contributed by atoms with Crippen LogP contribution in [0.25, 0.3) is 0 Å². The number of nitrogens with one attached hydrogen (secondary N) is 1. The molecule has 1 aliphatic rings. The molecule has 1 N–H and O–H groups in total. The molecule has 1 fully saturated rings. The second-order valence-corrected chi connectivity index (χ2v) is 4.52. The Morgan fingerprint density at radius 1 is 1.38 bits per heavy atom. The van der Waals surface area contributed by atoms with Crippen molar-refractivity contribution < 1.29 is 4.74 Å². The predicted octanol–water partition coefficient (Wildman–Crippen LogP) is 2.31. The molecule has 0 aromatic heterocycles. The molecule has 2 heteroatoms. The maximum atomic E-state index is 5.88. The summed E-state index contributed by atoms with van der Waals surface area (Å²) in [5.41, 5.74) is 2.78. The number of benzene rings is 1. The van der Waals surface area contributed by atoms with Crippen LogP contribution in [0.1, 0.15) is 24.0 Å². The molecule has 0 radical (unpaired) electrons. The average Bonchev–Trinajstić information content (AvgIpc) is 2.33. The zero-order valence-electron chi connectivity index (χ0n) is 10.0. The lowest BCUT2D eigenvalue weighted by molar-refractivity contribution is 0.0389. The van der Waals surface area contributed by atoms with E-state index in [9.17, 15) is 0 Å². The number of piperidine rings is 1. The van der Waals surface area contributed by atoms with Crippen LogP contribution in [0.2, 0.25) is 0 Å². The lowest BCUT2D eigenvalue weighted by atomic mass is 10.1. The molecule has 1 saturated heterocycles. The van der Waals surface area contributed by atoms with E-state index >= 15 is 0 Å². The topological polar surface area (TPSA) is 21.3 Å².